The zero-order valence-electron chi connectivity index (χ0n) is 14.6. The molecule has 1 amide bonds. The highest BCUT2D eigenvalue weighted by Gasteiger charge is 2.18. The normalized spacial score (nSPS) is 18.5. The summed E-state index contributed by atoms with van der Waals surface area (Å²) in [6.45, 7) is 0. The van der Waals surface area contributed by atoms with Gasteiger partial charge in [-0.25, -0.2) is 8.61 Å². The average Bonchev–Trinajstić information content (AvgIpc) is 2.56. The van der Waals surface area contributed by atoms with Gasteiger partial charge in [0.05, 0.1) is 23.4 Å². The first-order valence-electron chi connectivity index (χ1n) is 7.87. The van der Waals surface area contributed by atoms with Crippen LogP contribution in [0.3, 0.4) is 0 Å². The smallest absolute Gasteiger partial charge is 0.255 e. The highest BCUT2D eigenvalue weighted by Crippen LogP contribution is 2.25. The number of nitrogens with two attached hydrogens (primary N) is 1. The van der Waals surface area contributed by atoms with Crippen LogP contribution in [0.1, 0.15) is 29.6 Å². The molecule has 0 aromatic heterocycles. The maximum atomic E-state index is 12.9. The molecule has 3 N–H and O–H groups in total. The van der Waals surface area contributed by atoms with E-state index < -0.39 is 11.0 Å². The van der Waals surface area contributed by atoms with Crippen LogP contribution in [0.4, 0.5) is 5.69 Å². The third kappa shape index (κ3) is 5.80. The van der Waals surface area contributed by atoms with Crippen LogP contribution in [-0.4, -0.2) is 34.8 Å². The van der Waals surface area contributed by atoms with Gasteiger partial charge in [-0.05, 0) is 24.6 Å². The lowest BCUT2D eigenvalue weighted by atomic mass is 10.1. The van der Waals surface area contributed by atoms with Gasteiger partial charge in [0.2, 0.25) is 0 Å². The number of carbonyl (C=O) groups excluding carboxylic acids is 1. The van der Waals surface area contributed by atoms with E-state index in [1.165, 1.54) is 4.90 Å². The molecule has 0 saturated carbocycles. The molecule has 1 aliphatic rings. The Morgan fingerprint density at radius 2 is 2.15 bits per heavy atom. The lowest BCUT2D eigenvalue weighted by molar-refractivity contribution is 0.0828. The zero-order valence-corrected chi connectivity index (χ0v) is 17.8. The number of carbonyl (C=O) groups is 1. The summed E-state index contributed by atoms with van der Waals surface area (Å²) >= 11 is 4.30. The number of hydrogen-bond donors (Lipinski definition) is 2. The molecule has 0 spiro atoms. The summed E-state index contributed by atoms with van der Waals surface area (Å²) in [5.74, 6) is -0.159. The van der Waals surface area contributed by atoms with E-state index in [-0.39, 0.29) is 5.91 Å². The van der Waals surface area contributed by atoms with Crippen LogP contribution in [0.15, 0.2) is 50.2 Å². The van der Waals surface area contributed by atoms with E-state index in [1.807, 2.05) is 18.2 Å². The molecule has 1 atom stereocenters. The average molecular weight is 457 g/mol. The topological polar surface area (TPSA) is 87.8 Å². The van der Waals surface area contributed by atoms with E-state index in [0.717, 1.165) is 22.3 Å². The molecule has 0 bridgehead atoms. The Kier molecular flexibility index (Phi) is 8.08. The number of nitrogens with one attached hydrogen (secondary N) is 1. The Bertz CT molecular complexity index is 791. The Balaban J connectivity index is 2.28. The van der Waals surface area contributed by atoms with Crippen molar-refractivity contribution >= 4 is 56.4 Å². The van der Waals surface area contributed by atoms with E-state index in [9.17, 15) is 9.00 Å². The summed E-state index contributed by atoms with van der Waals surface area (Å²) in [4.78, 5) is 14.6. The highest BCUT2D eigenvalue weighted by atomic mass is 79.9. The van der Waals surface area contributed by atoms with E-state index >= 15 is 0 Å². The first-order chi connectivity index (χ1) is 12.4. The number of allylic oxidation sites excluding steroid dienone is 4. The number of benzene rings is 1. The van der Waals surface area contributed by atoms with Gasteiger partial charge in [0.15, 0.2) is 0 Å². The molecule has 0 heterocycles. The number of amides is 1. The standard InChI is InChI=1S/C17H21BrN4O2S2/c1-22(2)17(23)15-9-8-12(18)10-16(15)21-26(24)14-7-5-3-4-6-13(11-14)20-25-19/h3-4,7-10,21H,5-6,11,19H2,1-2H3/b4-3-,14-7?,20-13-. The SMILES string of the molecule is CN(C)C(=O)c1ccc(Br)cc1NS(=O)C1=CC/C=C\C/C(=N/SN)C1. The van der Waals surface area contributed by atoms with Gasteiger partial charge in [0.25, 0.3) is 5.91 Å². The predicted octanol–water partition coefficient (Wildman–Crippen LogP) is 3.81. The van der Waals surface area contributed by atoms with Crippen molar-refractivity contribution < 1.29 is 9.00 Å². The van der Waals surface area contributed by atoms with Crippen LogP contribution in [0, 0.1) is 0 Å². The Morgan fingerprint density at radius 1 is 1.38 bits per heavy atom. The lowest BCUT2D eigenvalue weighted by Gasteiger charge is -2.17. The molecule has 0 fully saturated rings. The Labute approximate surface area is 169 Å². The maximum Gasteiger partial charge on any atom is 0.255 e. The van der Waals surface area contributed by atoms with Gasteiger partial charge < -0.3 is 9.62 Å². The van der Waals surface area contributed by atoms with Crippen LogP contribution < -0.4 is 9.86 Å². The molecule has 2 rings (SSSR count). The Morgan fingerprint density at radius 3 is 2.85 bits per heavy atom. The molecular formula is C17H21BrN4O2S2. The largest absolute Gasteiger partial charge is 0.345 e. The summed E-state index contributed by atoms with van der Waals surface area (Å²) in [6, 6.07) is 5.25. The summed E-state index contributed by atoms with van der Waals surface area (Å²) in [6.07, 6.45) is 7.81. The minimum atomic E-state index is -1.49. The summed E-state index contributed by atoms with van der Waals surface area (Å²) in [7, 11) is 1.87. The lowest BCUT2D eigenvalue weighted by Crippen LogP contribution is -2.23. The van der Waals surface area contributed by atoms with Crippen LogP contribution in [0.5, 0.6) is 0 Å². The van der Waals surface area contributed by atoms with Crippen LogP contribution in [0.25, 0.3) is 0 Å². The number of halogens is 1. The minimum absolute atomic E-state index is 0.159. The summed E-state index contributed by atoms with van der Waals surface area (Å²) < 4.78 is 20.9. The van der Waals surface area contributed by atoms with Crippen LogP contribution in [0.2, 0.25) is 0 Å². The summed E-state index contributed by atoms with van der Waals surface area (Å²) in [5.41, 5.74) is 1.83. The van der Waals surface area contributed by atoms with Gasteiger partial charge in [0.1, 0.15) is 11.0 Å². The van der Waals surface area contributed by atoms with Crippen LogP contribution >= 0.6 is 28.1 Å². The van der Waals surface area contributed by atoms with Gasteiger partial charge >= 0.3 is 0 Å². The quantitative estimate of drug-likeness (QED) is 0.520. The van der Waals surface area contributed by atoms with Crippen molar-refractivity contribution in [3.63, 3.8) is 0 Å². The number of hydrogen-bond acceptors (Lipinski definition) is 5. The monoisotopic (exact) mass is 456 g/mol. The van der Waals surface area contributed by atoms with Crippen LogP contribution in [-0.2, 0) is 11.0 Å². The van der Waals surface area contributed by atoms with Crippen molar-refractivity contribution in [2.24, 2.45) is 9.54 Å². The van der Waals surface area contributed by atoms with Gasteiger partial charge in [-0.15, -0.1) is 0 Å². The van der Waals surface area contributed by atoms with Crippen molar-refractivity contribution in [3.8, 4) is 0 Å². The molecule has 1 aliphatic carbocycles. The molecule has 6 nitrogen and oxygen atoms in total. The van der Waals surface area contributed by atoms with Crippen molar-refractivity contribution in [1.82, 2.24) is 4.90 Å². The number of anilines is 1. The molecule has 0 aliphatic heterocycles. The fraction of sp³-hybridized carbons (Fsp3) is 0.294. The third-order valence-corrected chi connectivity index (χ3v) is 5.67. The number of rotatable bonds is 5. The molecule has 140 valence electrons. The molecule has 0 radical (unpaired) electrons. The summed E-state index contributed by atoms with van der Waals surface area (Å²) in [5, 5.41) is 5.44. The van der Waals surface area contributed by atoms with Crippen molar-refractivity contribution in [2.75, 3.05) is 18.8 Å². The van der Waals surface area contributed by atoms with Gasteiger partial charge in [-0.3, -0.25) is 9.93 Å². The molecule has 1 aromatic carbocycles. The third-order valence-electron chi connectivity index (χ3n) is 3.62. The molecule has 0 saturated heterocycles. The second-order valence-corrected chi connectivity index (χ2v) is 8.36. The van der Waals surface area contributed by atoms with Gasteiger partial charge in [-0.1, -0.05) is 34.2 Å². The molecule has 26 heavy (non-hydrogen) atoms. The van der Waals surface area contributed by atoms with Gasteiger partial charge in [-0.2, -0.15) is 0 Å². The predicted molar refractivity (Wildman–Crippen MR) is 114 cm³/mol. The van der Waals surface area contributed by atoms with E-state index in [2.05, 4.69) is 25.0 Å². The second-order valence-electron chi connectivity index (χ2n) is 5.78. The highest BCUT2D eigenvalue weighted by molar-refractivity contribution is 9.10. The molecule has 1 aromatic rings. The first kappa shape index (κ1) is 20.9. The molecule has 9 heteroatoms. The fourth-order valence-corrected chi connectivity index (χ4v) is 4.03. The van der Waals surface area contributed by atoms with E-state index in [0.29, 0.717) is 35.4 Å². The Hall–Kier alpha value is -1.42. The van der Waals surface area contributed by atoms with Crippen molar-refractivity contribution in [3.05, 3.63) is 51.4 Å². The van der Waals surface area contributed by atoms with E-state index in [1.54, 1.807) is 32.3 Å². The fourth-order valence-electron chi connectivity index (χ4n) is 2.34. The van der Waals surface area contributed by atoms with Crippen molar-refractivity contribution in [1.29, 1.82) is 0 Å². The first-order valence-corrected chi connectivity index (χ1v) is 10.7. The van der Waals surface area contributed by atoms with Crippen molar-refractivity contribution in [2.45, 2.75) is 19.3 Å². The number of nitrogens with zero attached hydrogens (tertiary/aromatic N) is 2. The van der Waals surface area contributed by atoms with E-state index in [4.69, 9.17) is 5.14 Å². The minimum Gasteiger partial charge on any atom is -0.345 e. The maximum absolute atomic E-state index is 12.9. The zero-order chi connectivity index (χ0) is 19.1. The van der Waals surface area contributed by atoms with Gasteiger partial charge in [0, 0.05) is 42.0 Å². The second kappa shape index (κ2) is 10.1. The molecule has 1 unspecified atom stereocenters. The molecular weight excluding hydrogens is 436 g/mol.